The minimum Gasteiger partial charge on any atom is -0.457 e. The minimum absolute atomic E-state index is 0.123. The molecule has 9 heteroatoms. The van der Waals surface area contributed by atoms with Crippen molar-refractivity contribution in [3.63, 3.8) is 0 Å². The van der Waals surface area contributed by atoms with E-state index in [1.807, 2.05) is 0 Å². The third-order valence-electron chi connectivity index (χ3n) is 11.5. The molecular formula is C57H96O9. The summed E-state index contributed by atoms with van der Waals surface area (Å²) in [5.41, 5.74) is 0. The van der Waals surface area contributed by atoms with Crippen LogP contribution in [0, 0.1) is 0 Å². The topological polar surface area (TPSA) is 135 Å². The number of carbonyl (C=O) groups excluding carboxylic acids is 1. The Morgan fingerprint density at radius 3 is 1.39 bits per heavy atom. The number of allylic oxidation sites excluding steroid dienone is 16. The largest absolute Gasteiger partial charge is 0.457 e. The molecule has 1 rings (SSSR count). The normalized spacial score (nSPS) is 20.1. The van der Waals surface area contributed by atoms with Crippen molar-refractivity contribution in [1.82, 2.24) is 0 Å². The Morgan fingerprint density at radius 1 is 0.500 bits per heavy atom. The van der Waals surface area contributed by atoms with E-state index in [1.165, 1.54) is 70.6 Å². The smallest absolute Gasteiger partial charge is 0.306 e. The fourth-order valence-electron chi connectivity index (χ4n) is 7.41. The molecule has 0 aromatic rings. The van der Waals surface area contributed by atoms with Crippen LogP contribution in [0.15, 0.2) is 97.2 Å². The molecule has 0 aromatic heterocycles. The molecule has 9 nitrogen and oxygen atoms in total. The van der Waals surface area contributed by atoms with Gasteiger partial charge in [-0.2, -0.15) is 0 Å². The average Bonchev–Trinajstić information content (AvgIpc) is 3.32. The van der Waals surface area contributed by atoms with Crippen molar-refractivity contribution in [1.29, 1.82) is 0 Å². The molecule has 378 valence electrons. The van der Waals surface area contributed by atoms with Gasteiger partial charge in [0.05, 0.1) is 19.8 Å². The van der Waals surface area contributed by atoms with Gasteiger partial charge in [0.2, 0.25) is 0 Å². The van der Waals surface area contributed by atoms with E-state index >= 15 is 0 Å². The maximum Gasteiger partial charge on any atom is 0.306 e. The van der Waals surface area contributed by atoms with Crippen LogP contribution >= 0.6 is 0 Å². The first kappa shape index (κ1) is 61.1. The van der Waals surface area contributed by atoms with E-state index < -0.39 is 43.4 Å². The summed E-state index contributed by atoms with van der Waals surface area (Å²) in [7, 11) is 0. The van der Waals surface area contributed by atoms with Crippen LogP contribution in [0.25, 0.3) is 0 Å². The first-order valence-corrected chi connectivity index (χ1v) is 26.3. The maximum atomic E-state index is 12.9. The molecule has 1 aliphatic rings. The fraction of sp³-hybridized carbons (Fsp3) is 0.702. The van der Waals surface area contributed by atoms with Crippen molar-refractivity contribution >= 4 is 5.97 Å². The van der Waals surface area contributed by atoms with Crippen LogP contribution < -0.4 is 0 Å². The number of rotatable bonds is 44. The lowest BCUT2D eigenvalue weighted by Crippen LogP contribution is -2.59. The van der Waals surface area contributed by atoms with Crippen LogP contribution in [-0.2, 0) is 23.7 Å². The van der Waals surface area contributed by atoms with Crippen LogP contribution in [0.3, 0.4) is 0 Å². The van der Waals surface area contributed by atoms with Crippen molar-refractivity contribution in [2.75, 3.05) is 26.4 Å². The van der Waals surface area contributed by atoms with Crippen LogP contribution in [0.4, 0.5) is 0 Å². The summed E-state index contributed by atoms with van der Waals surface area (Å²) in [5, 5.41) is 40.3. The lowest BCUT2D eigenvalue weighted by atomic mass is 9.99. The molecule has 6 unspecified atom stereocenters. The number of aliphatic hydroxyl groups is 4. The number of unbranched alkanes of at least 4 members (excludes halogenated alkanes) is 17. The molecular weight excluding hydrogens is 829 g/mol. The van der Waals surface area contributed by atoms with Gasteiger partial charge in [-0.15, -0.1) is 0 Å². The molecule has 0 aromatic carbocycles. The second kappa shape index (κ2) is 47.2. The van der Waals surface area contributed by atoms with E-state index in [1.54, 1.807) is 0 Å². The third kappa shape index (κ3) is 37.1. The van der Waals surface area contributed by atoms with Gasteiger partial charge in [-0.1, -0.05) is 188 Å². The first-order chi connectivity index (χ1) is 32.4. The predicted octanol–water partition coefficient (Wildman–Crippen LogP) is 13.1. The summed E-state index contributed by atoms with van der Waals surface area (Å²) < 4.78 is 22.9. The van der Waals surface area contributed by atoms with Gasteiger partial charge in [0.1, 0.15) is 30.5 Å². The van der Waals surface area contributed by atoms with Gasteiger partial charge < -0.3 is 39.4 Å². The number of hydrogen-bond acceptors (Lipinski definition) is 9. The van der Waals surface area contributed by atoms with Crippen LogP contribution in [0.2, 0.25) is 0 Å². The van der Waals surface area contributed by atoms with Gasteiger partial charge in [-0.3, -0.25) is 4.79 Å². The standard InChI is InChI=1S/C57H96O9/c1-3-5-7-9-11-13-15-17-19-21-23-25-27-29-31-33-35-37-39-41-43-45-47-63-49-51(50-64-57-56(62)55(61)54(60)52(48-58)66-57)65-53(59)46-44-42-40-38-36-34-32-30-28-26-24-22-20-18-16-14-12-10-8-6-4-2/h5,7,11,13,16-19,22-25,28-31,51-52,54-58,60-62H,3-4,6,8-10,12,14-15,20-21,26-27,32-50H2,1-2H3/b7-5-,13-11-,18-16-,19-17-,24-22-,25-23-,30-28-,31-29-. The van der Waals surface area contributed by atoms with Crippen LogP contribution in [-0.4, -0.2) is 89.6 Å². The molecule has 0 radical (unpaired) electrons. The van der Waals surface area contributed by atoms with E-state index in [0.717, 1.165) is 103 Å². The van der Waals surface area contributed by atoms with Crippen molar-refractivity contribution in [3.05, 3.63) is 97.2 Å². The molecule has 0 amide bonds. The minimum atomic E-state index is -1.55. The maximum absolute atomic E-state index is 12.9. The SMILES string of the molecule is CC/C=C\C/C=C\C/C=C\C/C=C\C/C=C\CCCCCCCCOCC(COC1OC(CO)C(O)C(O)C1O)OC(=O)CCCCCCCC/C=C\C/C=C\C/C=C\CCCCCCC. The Kier molecular flexibility index (Phi) is 43.7. The van der Waals surface area contributed by atoms with Crippen molar-refractivity contribution in [3.8, 4) is 0 Å². The van der Waals surface area contributed by atoms with Crippen molar-refractivity contribution < 1.29 is 44.2 Å². The van der Waals surface area contributed by atoms with Crippen molar-refractivity contribution in [2.45, 2.75) is 230 Å². The van der Waals surface area contributed by atoms with Gasteiger partial charge in [0.25, 0.3) is 0 Å². The molecule has 0 spiro atoms. The van der Waals surface area contributed by atoms with E-state index in [4.69, 9.17) is 18.9 Å². The summed E-state index contributed by atoms with van der Waals surface area (Å²) >= 11 is 0. The van der Waals surface area contributed by atoms with Crippen molar-refractivity contribution in [2.24, 2.45) is 0 Å². The Hall–Kier alpha value is -2.89. The van der Waals surface area contributed by atoms with Gasteiger partial charge >= 0.3 is 5.97 Å². The zero-order valence-electron chi connectivity index (χ0n) is 41.7. The molecule has 0 aliphatic carbocycles. The second-order valence-corrected chi connectivity index (χ2v) is 17.6. The summed E-state index contributed by atoms with van der Waals surface area (Å²) in [5.74, 6) is -0.335. The Labute approximate surface area is 402 Å². The van der Waals surface area contributed by atoms with E-state index in [9.17, 15) is 25.2 Å². The highest BCUT2D eigenvalue weighted by molar-refractivity contribution is 5.69. The number of ether oxygens (including phenoxy) is 4. The molecule has 1 heterocycles. The number of aliphatic hydroxyl groups excluding tert-OH is 4. The lowest BCUT2D eigenvalue weighted by Gasteiger charge is -2.39. The molecule has 1 saturated heterocycles. The van der Waals surface area contributed by atoms with Crippen LogP contribution in [0.5, 0.6) is 0 Å². The van der Waals surface area contributed by atoms with E-state index in [-0.39, 0.29) is 19.2 Å². The third-order valence-corrected chi connectivity index (χ3v) is 11.5. The fourth-order valence-corrected chi connectivity index (χ4v) is 7.41. The average molecular weight is 925 g/mol. The van der Waals surface area contributed by atoms with Gasteiger partial charge in [-0.05, 0) is 96.3 Å². The summed E-state index contributed by atoms with van der Waals surface area (Å²) in [6.07, 6.45) is 58.6. The molecule has 66 heavy (non-hydrogen) atoms. The molecule has 1 aliphatic heterocycles. The lowest BCUT2D eigenvalue weighted by molar-refractivity contribution is -0.305. The monoisotopic (exact) mass is 925 g/mol. The zero-order valence-corrected chi connectivity index (χ0v) is 41.7. The van der Waals surface area contributed by atoms with Gasteiger partial charge in [0.15, 0.2) is 6.29 Å². The highest BCUT2D eigenvalue weighted by Crippen LogP contribution is 2.22. The summed E-state index contributed by atoms with van der Waals surface area (Å²) in [6, 6.07) is 0. The first-order valence-electron chi connectivity index (χ1n) is 26.3. The van der Waals surface area contributed by atoms with E-state index in [2.05, 4.69) is 111 Å². The van der Waals surface area contributed by atoms with Gasteiger partial charge in [0, 0.05) is 13.0 Å². The van der Waals surface area contributed by atoms with Gasteiger partial charge in [-0.25, -0.2) is 0 Å². The highest BCUT2D eigenvalue weighted by atomic mass is 16.7. The molecule has 0 bridgehead atoms. The molecule has 0 saturated carbocycles. The molecule has 6 atom stereocenters. The molecule has 4 N–H and O–H groups in total. The van der Waals surface area contributed by atoms with E-state index in [0.29, 0.717) is 13.0 Å². The summed E-state index contributed by atoms with van der Waals surface area (Å²) in [6.45, 7) is 4.37. The number of hydrogen-bond donors (Lipinski definition) is 4. The second-order valence-electron chi connectivity index (χ2n) is 17.6. The Balaban J connectivity index is 2.24. The quantitative estimate of drug-likeness (QED) is 0.0268. The zero-order chi connectivity index (χ0) is 47.8. The highest BCUT2D eigenvalue weighted by Gasteiger charge is 2.44. The Bertz CT molecular complexity index is 1330. The number of esters is 1. The number of carbonyl (C=O) groups is 1. The summed E-state index contributed by atoms with van der Waals surface area (Å²) in [4.78, 5) is 12.9. The van der Waals surface area contributed by atoms with Crippen LogP contribution in [0.1, 0.15) is 194 Å². The molecule has 1 fully saturated rings. The Morgan fingerprint density at radius 2 is 0.924 bits per heavy atom. The predicted molar refractivity (Wildman–Crippen MR) is 274 cm³/mol.